The highest BCUT2D eigenvalue weighted by atomic mass is 15.2. The Balaban J connectivity index is 1.80. The van der Waals surface area contributed by atoms with Gasteiger partial charge in [0.1, 0.15) is 0 Å². The van der Waals surface area contributed by atoms with Crippen LogP contribution in [0.1, 0.15) is 32.1 Å². The standard InChI is InChI=1S/C11H18N2/c1-8-7-13(10-4-5-10)11-3-2-9(6-11)12-8/h9-12H,1-7H2. The van der Waals surface area contributed by atoms with Crippen LogP contribution in [0.5, 0.6) is 0 Å². The predicted molar refractivity (Wildman–Crippen MR) is 53.4 cm³/mol. The van der Waals surface area contributed by atoms with E-state index in [4.69, 9.17) is 0 Å². The van der Waals surface area contributed by atoms with E-state index in [1.807, 2.05) is 0 Å². The van der Waals surface area contributed by atoms with Crippen LogP contribution in [0.3, 0.4) is 0 Å². The molecular weight excluding hydrogens is 160 g/mol. The van der Waals surface area contributed by atoms with Gasteiger partial charge in [0.05, 0.1) is 0 Å². The Labute approximate surface area is 80.0 Å². The minimum atomic E-state index is 0.737. The Kier molecular flexibility index (Phi) is 1.66. The zero-order chi connectivity index (χ0) is 8.84. The smallest absolute Gasteiger partial charge is 0.0381 e. The van der Waals surface area contributed by atoms with Gasteiger partial charge in [0.2, 0.25) is 0 Å². The highest BCUT2D eigenvalue weighted by molar-refractivity contribution is 5.08. The van der Waals surface area contributed by atoms with E-state index in [9.17, 15) is 0 Å². The van der Waals surface area contributed by atoms with E-state index in [1.54, 1.807) is 0 Å². The summed E-state index contributed by atoms with van der Waals surface area (Å²) in [5.74, 6) is 0. The summed E-state index contributed by atoms with van der Waals surface area (Å²) in [5, 5.41) is 3.55. The molecule has 2 atom stereocenters. The molecule has 0 aromatic rings. The van der Waals surface area contributed by atoms with Crippen molar-refractivity contribution in [2.45, 2.75) is 50.2 Å². The van der Waals surface area contributed by atoms with Crippen molar-refractivity contribution in [2.75, 3.05) is 6.54 Å². The molecule has 3 aliphatic rings. The van der Waals surface area contributed by atoms with Crippen LogP contribution in [0.25, 0.3) is 0 Å². The SMILES string of the molecule is C=C1CN(C2CC2)C2CCC(C2)N1. The van der Waals surface area contributed by atoms with E-state index in [2.05, 4.69) is 16.8 Å². The van der Waals surface area contributed by atoms with Crippen molar-refractivity contribution in [1.82, 2.24) is 10.2 Å². The lowest BCUT2D eigenvalue weighted by Crippen LogP contribution is -2.36. The molecule has 2 nitrogen and oxygen atoms in total. The van der Waals surface area contributed by atoms with Crippen molar-refractivity contribution >= 4 is 0 Å². The summed E-state index contributed by atoms with van der Waals surface area (Å²) in [7, 11) is 0. The Morgan fingerprint density at radius 2 is 1.92 bits per heavy atom. The molecule has 13 heavy (non-hydrogen) atoms. The maximum Gasteiger partial charge on any atom is 0.0381 e. The van der Waals surface area contributed by atoms with Crippen LogP contribution in [0.15, 0.2) is 12.3 Å². The molecule has 0 spiro atoms. The molecule has 2 aliphatic carbocycles. The van der Waals surface area contributed by atoms with Crippen LogP contribution in [-0.2, 0) is 0 Å². The Morgan fingerprint density at radius 1 is 1.15 bits per heavy atom. The molecule has 1 N–H and O–H groups in total. The zero-order valence-corrected chi connectivity index (χ0v) is 8.13. The number of fused-ring (bicyclic) bond motifs is 2. The summed E-state index contributed by atoms with van der Waals surface area (Å²) in [4.78, 5) is 2.70. The van der Waals surface area contributed by atoms with Gasteiger partial charge in [0, 0.05) is 30.4 Å². The highest BCUT2D eigenvalue weighted by Gasteiger charge is 2.39. The van der Waals surface area contributed by atoms with E-state index in [0.717, 1.165) is 24.7 Å². The molecule has 2 bridgehead atoms. The zero-order valence-electron chi connectivity index (χ0n) is 8.13. The van der Waals surface area contributed by atoms with E-state index in [1.165, 1.54) is 37.8 Å². The van der Waals surface area contributed by atoms with Crippen LogP contribution in [-0.4, -0.2) is 29.6 Å². The molecule has 0 aromatic heterocycles. The molecule has 2 unspecified atom stereocenters. The van der Waals surface area contributed by atoms with Gasteiger partial charge in [-0.1, -0.05) is 6.58 Å². The minimum absolute atomic E-state index is 0.737. The second kappa shape index (κ2) is 2.74. The largest absolute Gasteiger partial charge is 0.385 e. The minimum Gasteiger partial charge on any atom is -0.385 e. The molecule has 1 saturated heterocycles. The molecule has 72 valence electrons. The van der Waals surface area contributed by atoms with Gasteiger partial charge in [-0.2, -0.15) is 0 Å². The molecule has 0 radical (unpaired) electrons. The lowest BCUT2D eigenvalue weighted by molar-refractivity contribution is 0.209. The first-order valence-corrected chi connectivity index (χ1v) is 5.53. The average molecular weight is 178 g/mol. The number of hydrogen-bond acceptors (Lipinski definition) is 2. The van der Waals surface area contributed by atoms with Gasteiger partial charge in [-0.15, -0.1) is 0 Å². The third kappa shape index (κ3) is 1.37. The predicted octanol–water partition coefficient (Wildman–Crippen LogP) is 1.49. The topological polar surface area (TPSA) is 15.3 Å². The van der Waals surface area contributed by atoms with Gasteiger partial charge in [-0.05, 0) is 32.1 Å². The van der Waals surface area contributed by atoms with E-state index < -0.39 is 0 Å². The molecule has 0 aromatic carbocycles. The molecule has 0 amide bonds. The first-order chi connectivity index (χ1) is 6.33. The maximum atomic E-state index is 4.10. The van der Waals surface area contributed by atoms with Crippen molar-refractivity contribution in [2.24, 2.45) is 0 Å². The van der Waals surface area contributed by atoms with E-state index in [-0.39, 0.29) is 0 Å². The third-order valence-corrected chi connectivity index (χ3v) is 3.67. The lowest BCUT2D eigenvalue weighted by Gasteiger charge is -2.27. The molecule has 3 rings (SSSR count). The monoisotopic (exact) mass is 178 g/mol. The fourth-order valence-corrected chi connectivity index (χ4v) is 2.91. The van der Waals surface area contributed by atoms with Crippen LogP contribution in [0.4, 0.5) is 0 Å². The molecule has 2 heteroatoms. The Bertz CT molecular complexity index is 232. The number of rotatable bonds is 1. The van der Waals surface area contributed by atoms with Crippen LogP contribution in [0.2, 0.25) is 0 Å². The van der Waals surface area contributed by atoms with E-state index >= 15 is 0 Å². The van der Waals surface area contributed by atoms with Crippen LogP contribution >= 0.6 is 0 Å². The second-order valence-corrected chi connectivity index (χ2v) is 4.82. The first-order valence-electron chi connectivity index (χ1n) is 5.53. The number of hydrogen-bond donors (Lipinski definition) is 1. The van der Waals surface area contributed by atoms with Gasteiger partial charge < -0.3 is 5.32 Å². The Hall–Kier alpha value is -0.500. The maximum absolute atomic E-state index is 4.10. The van der Waals surface area contributed by atoms with Gasteiger partial charge >= 0.3 is 0 Å². The molecule has 1 heterocycles. The quantitative estimate of drug-likeness (QED) is 0.654. The van der Waals surface area contributed by atoms with Crippen LogP contribution < -0.4 is 5.32 Å². The van der Waals surface area contributed by atoms with Gasteiger partial charge in [0.15, 0.2) is 0 Å². The number of nitrogens with one attached hydrogen (secondary N) is 1. The second-order valence-electron chi connectivity index (χ2n) is 4.82. The van der Waals surface area contributed by atoms with Crippen LogP contribution in [0, 0.1) is 0 Å². The summed E-state index contributed by atoms with van der Waals surface area (Å²) in [6, 6.07) is 2.51. The molecule has 3 fully saturated rings. The molecule has 2 saturated carbocycles. The first kappa shape index (κ1) is 7.86. The van der Waals surface area contributed by atoms with Crippen molar-refractivity contribution in [1.29, 1.82) is 0 Å². The van der Waals surface area contributed by atoms with Gasteiger partial charge in [-0.25, -0.2) is 0 Å². The summed E-state index contributed by atoms with van der Waals surface area (Å²) in [6.45, 7) is 5.20. The van der Waals surface area contributed by atoms with E-state index in [0.29, 0.717) is 0 Å². The lowest BCUT2D eigenvalue weighted by atomic mass is 10.2. The molecular formula is C11H18N2. The highest BCUT2D eigenvalue weighted by Crippen LogP contribution is 2.36. The normalized spacial score (nSPS) is 40.2. The van der Waals surface area contributed by atoms with Crippen molar-refractivity contribution in [3.63, 3.8) is 0 Å². The average Bonchev–Trinajstić information content (AvgIpc) is 2.82. The van der Waals surface area contributed by atoms with Crippen molar-refractivity contribution in [3.05, 3.63) is 12.3 Å². The van der Waals surface area contributed by atoms with Crippen molar-refractivity contribution < 1.29 is 0 Å². The Morgan fingerprint density at radius 3 is 2.69 bits per heavy atom. The summed E-state index contributed by atoms with van der Waals surface area (Å²) >= 11 is 0. The third-order valence-electron chi connectivity index (χ3n) is 3.67. The van der Waals surface area contributed by atoms with Gasteiger partial charge in [-0.3, -0.25) is 4.90 Å². The van der Waals surface area contributed by atoms with Crippen molar-refractivity contribution in [3.8, 4) is 0 Å². The summed E-state index contributed by atoms with van der Waals surface area (Å²) in [6.07, 6.45) is 6.97. The van der Waals surface area contributed by atoms with Gasteiger partial charge in [0.25, 0.3) is 0 Å². The molecule has 1 aliphatic heterocycles. The summed E-state index contributed by atoms with van der Waals surface area (Å²) in [5.41, 5.74) is 1.25. The summed E-state index contributed by atoms with van der Waals surface area (Å²) < 4.78 is 0. The number of nitrogens with zero attached hydrogens (tertiary/aromatic N) is 1. The fraction of sp³-hybridized carbons (Fsp3) is 0.818. The fourth-order valence-electron chi connectivity index (χ4n) is 2.91.